The second kappa shape index (κ2) is 6.29. The summed E-state index contributed by atoms with van der Waals surface area (Å²) in [7, 11) is -3.81. The Morgan fingerprint density at radius 1 is 1.22 bits per heavy atom. The van der Waals surface area contributed by atoms with Crippen LogP contribution in [0.4, 0.5) is 0 Å². The molecule has 1 atom stereocenters. The fraction of sp³-hybridized carbons (Fsp3) is 0.353. The zero-order valence-corrected chi connectivity index (χ0v) is 14.4. The summed E-state index contributed by atoms with van der Waals surface area (Å²) in [4.78, 5) is 12.2. The van der Waals surface area contributed by atoms with E-state index in [0.29, 0.717) is 0 Å². The molecule has 1 aliphatic rings. The lowest BCUT2D eigenvalue weighted by Crippen LogP contribution is -2.44. The Morgan fingerprint density at radius 2 is 1.78 bits per heavy atom. The molecule has 1 saturated heterocycles. The molecule has 1 heterocycles. The molecular formula is C17H21NO4S. The predicted octanol–water partition coefficient (Wildman–Crippen LogP) is 2.64. The van der Waals surface area contributed by atoms with Gasteiger partial charge in [0.2, 0.25) is 10.0 Å². The number of benzene rings is 1. The van der Waals surface area contributed by atoms with Gasteiger partial charge in [-0.05, 0) is 25.0 Å². The normalized spacial score (nSPS) is 20.5. The molecule has 1 aromatic carbocycles. The van der Waals surface area contributed by atoms with Gasteiger partial charge in [-0.3, -0.25) is 0 Å². The number of cyclic esters (lactones) is 1. The number of nitrogens with zero attached hydrogens (tertiary/aromatic N) is 1. The quantitative estimate of drug-likeness (QED) is 0.629. The van der Waals surface area contributed by atoms with Crippen LogP contribution in [0.15, 0.2) is 53.7 Å². The van der Waals surface area contributed by atoms with E-state index >= 15 is 0 Å². The van der Waals surface area contributed by atoms with E-state index in [9.17, 15) is 13.2 Å². The van der Waals surface area contributed by atoms with E-state index in [4.69, 9.17) is 4.74 Å². The van der Waals surface area contributed by atoms with Crippen molar-refractivity contribution < 1.29 is 17.9 Å². The van der Waals surface area contributed by atoms with Crippen molar-refractivity contribution in [2.45, 2.75) is 31.7 Å². The smallest absolute Gasteiger partial charge is 0.340 e. The molecule has 0 bridgehead atoms. The van der Waals surface area contributed by atoms with Crippen LogP contribution in [0.5, 0.6) is 0 Å². The minimum atomic E-state index is -3.81. The number of ether oxygens (including phenoxy) is 1. The van der Waals surface area contributed by atoms with Crippen LogP contribution in [0.1, 0.15) is 19.4 Å². The van der Waals surface area contributed by atoms with Gasteiger partial charge in [-0.15, -0.1) is 0 Å². The molecule has 0 spiro atoms. The highest BCUT2D eigenvalue weighted by atomic mass is 32.2. The van der Waals surface area contributed by atoms with Crippen LogP contribution in [0, 0.1) is 12.8 Å². The summed E-state index contributed by atoms with van der Waals surface area (Å²) in [6.45, 7) is 12.9. The van der Waals surface area contributed by atoms with Crippen molar-refractivity contribution >= 4 is 16.0 Å². The molecule has 0 radical (unpaired) electrons. The molecule has 23 heavy (non-hydrogen) atoms. The molecule has 1 aromatic rings. The van der Waals surface area contributed by atoms with Crippen LogP contribution >= 0.6 is 0 Å². The van der Waals surface area contributed by atoms with Crippen LogP contribution in [-0.2, 0) is 19.6 Å². The molecule has 0 aromatic heterocycles. The fourth-order valence-electron chi connectivity index (χ4n) is 2.61. The molecule has 5 nitrogen and oxygen atoms in total. The molecular weight excluding hydrogens is 314 g/mol. The number of carbonyl (C=O) groups is 1. The first-order valence-corrected chi connectivity index (χ1v) is 8.76. The topological polar surface area (TPSA) is 63.7 Å². The zero-order valence-electron chi connectivity index (χ0n) is 13.6. The number of hydrogen-bond acceptors (Lipinski definition) is 4. The Morgan fingerprint density at radius 3 is 2.30 bits per heavy atom. The van der Waals surface area contributed by atoms with E-state index < -0.39 is 22.0 Å². The average Bonchev–Trinajstić information content (AvgIpc) is 2.57. The highest BCUT2D eigenvalue weighted by Crippen LogP contribution is 2.30. The van der Waals surface area contributed by atoms with Gasteiger partial charge in [-0.2, -0.15) is 4.31 Å². The average molecular weight is 335 g/mol. The number of aryl methyl sites for hydroxylation is 1. The first kappa shape index (κ1) is 17.4. The van der Waals surface area contributed by atoms with Crippen molar-refractivity contribution in [1.82, 2.24) is 4.31 Å². The molecule has 6 heteroatoms. The SMILES string of the molecule is C=C1CN(S(=O)(=O)c2ccc(C)cc2)[C@@H](C(C)C)C(=C)C(=O)O1. The van der Waals surface area contributed by atoms with Gasteiger partial charge >= 0.3 is 5.97 Å². The fourth-order valence-corrected chi connectivity index (χ4v) is 4.35. The Bertz CT molecular complexity index is 747. The second-order valence-corrected chi connectivity index (χ2v) is 7.90. The number of esters is 1. The maximum atomic E-state index is 13.0. The van der Waals surface area contributed by atoms with E-state index in [0.717, 1.165) is 5.56 Å². The van der Waals surface area contributed by atoms with Crippen molar-refractivity contribution in [3.63, 3.8) is 0 Å². The number of hydrogen-bond donors (Lipinski definition) is 0. The molecule has 0 saturated carbocycles. The van der Waals surface area contributed by atoms with Gasteiger partial charge in [-0.25, -0.2) is 13.2 Å². The van der Waals surface area contributed by atoms with E-state index in [1.54, 1.807) is 24.3 Å². The van der Waals surface area contributed by atoms with Crippen molar-refractivity contribution in [3.05, 3.63) is 54.3 Å². The predicted molar refractivity (Wildman–Crippen MR) is 88.1 cm³/mol. The third kappa shape index (κ3) is 3.38. The summed E-state index contributed by atoms with van der Waals surface area (Å²) >= 11 is 0. The van der Waals surface area contributed by atoms with Crippen LogP contribution in [0.25, 0.3) is 0 Å². The first-order chi connectivity index (χ1) is 10.6. The molecule has 1 fully saturated rings. The number of sulfonamides is 1. The van der Waals surface area contributed by atoms with Crippen molar-refractivity contribution in [2.75, 3.05) is 6.54 Å². The van der Waals surface area contributed by atoms with Crippen LogP contribution in [0.3, 0.4) is 0 Å². The van der Waals surface area contributed by atoms with Gasteiger partial charge in [0.25, 0.3) is 0 Å². The van der Waals surface area contributed by atoms with Gasteiger partial charge in [0, 0.05) is 5.57 Å². The molecule has 0 aliphatic carbocycles. The third-order valence-corrected chi connectivity index (χ3v) is 5.60. The molecule has 0 amide bonds. The third-order valence-electron chi connectivity index (χ3n) is 3.76. The largest absolute Gasteiger partial charge is 0.427 e. The van der Waals surface area contributed by atoms with Gasteiger partial charge in [0.05, 0.1) is 17.5 Å². The summed E-state index contributed by atoms with van der Waals surface area (Å²) in [5.41, 5.74) is 1.09. The summed E-state index contributed by atoms with van der Waals surface area (Å²) in [5.74, 6) is -0.675. The zero-order chi connectivity index (χ0) is 17.4. The summed E-state index contributed by atoms with van der Waals surface area (Å²) in [5, 5.41) is 0. The van der Waals surface area contributed by atoms with Crippen LogP contribution in [-0.4, -0.2) is 31.3 Å². The Kier molecular flexibility index (Phi) is 4.77. The van der Waals surface area contributed by atoms with Crippen molar-refractivity contribution in [1.29, 1.82) is 0 Å². The summed E-state index contributed by atoms with van der Waals surface area (Å²) in [6.07, 6.45) is 0. The summed E-state index contributed by atoms with van der Waals surface area (Å²) < 4.78 is 32.4. The number of rotatable bonds is 3. The maximum Gasteiger partial charge on any atom is 0.340 e. The minimum Gasteiger partial charge on any atom is -0.427 e. The van der Waals surface area contributed by atoms with Crippen molar-refractivity contribution in [3.8, 4) is 0 Å². The second-order valence-electron chi connectivity index (χ2n) is 6.01. The number of carbonyl (C=O) groups excluding carboxylic acids is 1. The van der Waals surface area contributed by atoms with Gasteiger partial charge in [0.15, 0.2) is 0 Å². The van der Waals surface area contributed by atoms with E-state index in [2.05, 4.69) is 13.2 Å². The lowest BCUT2D eigenvalue weighted by molar-refractivity contribution is -0.134. The summed E-state index contributed by atoms with van der Waals surface area (Å²) in [6, 6.07) is 5.91. The van der Waals surface area contributed by atoms with Gasteiger partial charge in [0.1, 0.15) is 5.76 Å². The highest BCUT2D eigenvalue weighted by Gasteiger charge is 2.40. The Labute approximate surface area is 137 Å². The molecule has 124 valence electrons. The van der Waals surface area contributed by atoms with Crippen LogP contribution in [0.2, 0.25) is 0 Å². The standard InChI is InChI=1S/C17H21NO4S/c1-11(2)16-14(5)17(19)22-13(4)10-18(16)23(20,21)15-8-6-12(3)7-9-15/h6-9,11,16H,4-5,10H2,1-3H3/t16-/m0/s1. The molecule has 0 unspecified atom stereocenters. The van der Waals surface area contributed by atoms with E-state index in [1.165, 1.54) is 4.31 Å². The Hall–Kier alpha value is -1.92. The highest BCUT2D eigenvalue weighted by molar-refractivity contribution is 7.89. The monoisotopic (exact) mass is 335 g/mol. The molecule has 0 N–H and O–H groups in total. The van der Waals surface area contributed by atoms with Crippen LogP contribution < -0.4 is 0 Å². The minimum absolute atomic E-state index is 0.0795. The lowest BCUT2D eigenvalue weighted by Gasteiger charge is -2.31. The van der Waals surface area contributed by atoms with E-state index in [1.807, 2.05) is 20.8 Å². The molecule has 1 aliphatic heterocycles. The van der Waals surface area contributed by atoms with Gasteiger partial charge in [-0.1, -0.05) is 44.7 Å². The molecule has 2 rings (SSSR count). The first-order valence-electron chi connectivity index (χ1n) is 7.32. The van der Waals surface area contributed by atoms with Crippen molar-refractivity contribution in [2.24, 2.45) is 5.92 Å². The maximum absolute atomic E-state index is 13.0. The Balaban J connectivity index is 2.55. The van der Waals surface area contributed by atoms with E-state index in [-0.39, 0.29) is 28.7 Å². The van der Waals surface area contributed by atoms with Gasteiger partial charge < -0.3 is 4.74 Å². The lowest BCUT2D eigenvalue weighted by atomic mass is 9.97.